The topological polar surface area (TPSA) is 71.1 Å². The fraction of sp³-hybridized carbons (Fsp3) is 0.500. The van der Waals surface area contributed by atoms with Gasteiger partial charge >= 0.3 is 0 Å². The largest absolute Gasteiger partial charge is 0.325 e. The van der Waals surface area contributed by atoms with Crippen molar-refractivity contribution in [2.45, 2.75) is 40.0 Å². The normalized spacial score (nSPS) is 10.3. The van der Waals surface area contributed by atoms with E-state index >= 15 is 0 Å². The number of amides is 2. The minimum atomic E-state index is -0.0878. The SMILES string of the molecule is CCCCC(=O)Nc1ccc(NC(=O)C(C)C)nc1. The van der Waals surface area contributed by atoms with E-state index in [1.165, 1.54) is 0 Å². The van der Waals surface area contributed by atoms with Crippen LogP contribution in [0, 0.1) is 5.92 Å². The van der Waals surface area contributed by atoms with Crippen LogP contribution < -0.4 is 10.6 Å². The Morgan fingerprint density at radius 1 is 1.26 bits per heavy atom. The smallest absolute Gasteiger partial charge is 0.228 e. The zero-order chi connectivity index (χ0) is 14.3. The molecule has 0 atom stereocenters. The standard InChI is InChI=1S/C14H21N3O2/c1-4-5-6-13(18)16-11-7-8-12(15-9-11)17-14(19)10(2)3/h7-10H,4-6H2,1-3H3,(H,16,18)(H,15,17,19). The second-order valence-electron chi connectivity index (χ2n) is 4.73. The van der Waals surface area contributed by atoms with Crippen LogP contribution in [0.4, 0.5) is 11.5 Å². The van der Waals surface area contributed by atoms with Gasteiger partial charge in [0.05, 0.1) is 11.9 Å². The van der Waals surface area contributed by atoms with Gasteiger partial charge in [0, 0.05) is 12.3 Å². The van der Waals surface area contributed by atoms with Gasteiger partial charge in [-0.2, -0.15) is 0 Å². The summed E-state index contributed by atoms with van der Waals surface area (Å²) in [6.07, 6.45) is 3.93. The molecule has 19 heavy (non-hydrogen) atoms. The number of rotatable bonds is 6. The van der Waals surface area contributed by atoms with Crippen LogP contribution in [0.25, 0.3) is 0 Å². The van der Waals surface area contributed by atoms with E-state index in [1.807, 2.05) is 20.8 Å². The van der Waals surface area contributed by atoms with Crippen LogP contribution in [0.1, 0.15) is 40.0 Å². The maximum Gasteiger partial charge on any atom is 0.228 e. The molecule has 0 aliphatic heterocycles. The Kier molecular flexibility index (Phi) is 5.99. The zero-order valence-electron chi connectivity index (χ0n) is 11.7. The molecule has 104 valence electrons. The van der Waals surface area contributed by atoms with E-state index in [1.54, 1.807) is 18.3 Å². The van der Waals surface area contributed by atoms with Gasteiger partial charge in [-0.05, 0) is 18.6 Å². The number of hydrogen-bond donors (Lipinski definition) is 2. The summed E-state index contributed by atoms with van der Waals surface area (Å²) in [5.74, 6) is 0.315. The lowest BCUT2D eigenvalue weighted by Gasteiger charge is -2.08. The molecule has 1 rings (SSSR count). The van der Waals surface area contributed by atoms with Crippen molar-refractivity contribution in [2.75, 3.05) is 10.6 Å². The monoisotopic (exact) mass is 263 g/mol. The van der Waals surface area contributed by atoms with E-state index in [0.29, 0.717) is 17.9 Å². The van der Waals surface area contributed by atoms with Crippen molar-refractivity contribution in [3.05, 3.63) is 18.3 Å². The average molecular weight is 263 g/mol. The van der Waals surface area contributed by atoms with Gasteiger partial charge in [-0.1, -0.05) is 27.2 Å². The first-order chi connectivity index (χ1) is 9.02. The average Bonchev–Trinajstić information content (AvgIpc) is 2.38. The second-order valence-corrected chi connectivity index (χ2v) is 4.73. The summed E-state index contributed by atoms with van der Waals surface area (Å²) in [6.45, 7) is 5.68. The molecule has 1 heterocycles. The van der Waals surface area contributed by atoms with E-state index in [-0.39, 0.29) is 17.7 Å². The fourth-order valence-corrected chi connectivity index (χ4v) is 1.37. The second kappa shape index (κ2) is 7.51. The van der Waals surface area contributed by atoms with Crippen LogP contribution in [0.15, 0.2) is 18.3 Å². The van der Waals surface area contributed by atoms with Crippen LogP contribution in [0.5, 0.6) is 0 Å². The number of carbonyl (C=O) groups is 2. The minimum absolute atomic E-state index is 0.0115. The van der Waals surface area contributed by atoms with Crippen molar-refractivity contribution in [3.63, 3.8) is 0 Å². The zero-order valence-corrected chi connectivity index (χ0v) is 11.7. The molecule has 0 unspecified atom stereocenters. The number of anilines is 2. The van der Waals surface area contributed by atoms with Crippen molar-refractivity contribution in [3.8, 4) is 0 Å². The first-order valence-electron chi connectivity index (χ1n) is 6.59. The van der Waals surface area contributed by atoms with Crippen molar-refractivity contribution < 1.29 is 9.59 Å². The molecular formula is C14H21N3O2. The summed E-state index contributed by atoms with van der Waals surface area (Å²) in [7, 11) is 0. The van der Waals surface area contributed by atoms with Crippen molar-refractivity contribution in [1.82, 2.24) is 4.98 Å². The number of nitrogens with one attached hydrogen (secondary N) is 2. The molecule has 0 spiro atoms. The van der Waals surface area contributed by atoms with E-state index in [9.17, 15) is 9.59 Å². The lowest BCUT2D eigenvalue weighted by Crippen LogP contribution is -2.18. The molecular weight excluding hydrogens is 242 g/mol. The quantitative estimate of drug-likeness (QED) is 0.829. The predicted molar refractivity (Wildman–Crippen MR) is 75.9 cm³/mol. The van der Waals surface area contributed by atoms with Crippen molar-refractivity contribution in [2.24, 2.45) is 5.92 Å². The summed E-state index contributed by atoms with van der Waals surface area (Å²) in [5, 5.41) is 5.46. The van der Waals surface area contributed by atoms with Crippen LogP contribution in [0.3, 0.4) is 0 Å². The third kappa shape index (κ3) is 5.50. The number of nitrogens with zero attached hydrogens (tertiary/aromatic N) is 1. The van der Waals surface area contributed by atoms with Crippen LogP contribution >= 0.6 is 0 Å². The summed E-state index contributed by atoms with van der Waals surface area (Å²) in [6, 6.07) is 3.41. The molecule has 5 nitrogen and oxygen atoms in total. The maximum atomic E-state index is 11.5. The molecule has 0 radical (unpaired) electrons. The molecule has 1 aromatic heterocycles. The van der Waals surface area contributed by atoms with Gasteiger partial charge in [0.25, 0.3) is 0 Å². The van der Waals surface area contributed by atoms with Gasteiger partial charge in [-0.3, -0.25) is 9.59 Å². The summed E-state index contributed by atoms with van der Waals surface area (Å²) < 4.78 is 0. The van der Waals surface area contributed by atoms with E-state index in [4.69, 9.17) is 0 Å². The molecule has 0 saturated carbocycles. The Morgan fingerprint density at radius 3 is 2.53 bits per heavy atom. The van der Waals surface area contributed by atoms with Gasteiger partial charge in [0.2, 0.25) is 11.8 Å². The third-order valence-electron chi connectivity index (χ3n) is 2.58. The summed E-state index contributed by atoms with van der Waals surface area (Å²) in [5.41, 5.74) is 0.642. The lowest BCUT2D eigenvalue weighted by molar-refractivity contribution is -0.119. The third-order valence-corrected chi connectivity index (χ3v) is 2.58. The highest BCUT2D eigenvalue weighted by Gasteiger charge is 2.08. The van der Waals surface area contributed by atoms with Crippen LogP contribution in [-0.4, -0.2) is 16.8 Å². The molecule has 0 saturated heterocycles. The lowest BCUT2D eigenvalue weighted by atomic mass is 10.2. The molecule has 2 N–H and O–H groups in total. The van der Waals surface area contributed by atoms with Crippen LogP contribution in [0.2, 0.25) is 0 Å². The Balaban J connectivity index is 2.52. The maximum absolute atomic E-state index is 11.5. The van der Waals surface area contributed by atoms with Crippen molar-refractivity contribution in [1.29, 1.82) is 0 Å². The summed E-state index contributed by atoms with van der Waals surface area (Å²) >= 11 is 0. The Morgan fingerprint density at radius 2 is 2.00 bits per heavy atom. The van der Waals surface area contributed by atoms with Gasteiger partial charge < -0.3 is 10.6 Å². The molecule has 0 aromatic carbocycles. The fourth-order valence-electron chi connectivity index (χ4n) is 1.37. The first kappa shape index (κ1) is 15.1. The number of hydrogen-bond acceptors (Lipinski definition) is 3. The molecule has 1 aromatic rings. The Hall–Kier alpha value is -1.91. The molecule has 0 aliphatic carbocycles. The Bertz CT molecular complexity index is 427. The highest BCUT2D eigenvalue weighted by atomic mass is 16.2. The van der Waals surface area contributed by atoms with E-state index in [2.05, 4.69) is 15.6 Å². The molecule has 0 bridgehead atoms. The number of carbonyl (C=O) groups excluding carboxylic acids is 2. The first-order valence-corrected chi connectivity index (χ1v) is 6.59. The molecule has 0 fully saturated rings. The minimum Gasteiger partial charge on any atom is -0.325 e. The van der Waals surface area contributed by atoms with Gasteiger partial charge in [0.1, 0.15) is 5.82 Å². The van der Waals surface area contributed by atoms with Gasteiger partial charge in [-0.15, -0.1) is 0 Å². The number of unbranched alkanes of at least 4 members (excludes halogenated alkanes) is 1. The van der Waals surface area contributed by atoms with Gasteiger partial charge in [-0.25, -0.2) is 4.98 Å². The molecule has 2 amide bonds. The molecule has 0 aliphatic rings. The van der Waals surface area contributed by atoms with E-state index in [0.717, 1.165) is 12.8 Å². The highest BCUT2D eigenvalue weighted by Crippen LogP contribution is 2.11. The Labute approximate surface area is 113 Å². The van der Waals surface area contributed by atoms with E-state index < -0.39 is 0 Å². The molecule has 5 heteroatoms. The summed E-state index contributed by atoms with van der Waals surface area (Å²) in [4.78, 5) is 27.1. The van der Waals surface area contributed by atoms with Gasteiger partial charge in [0.15, 0.2) is 0 Å². The predicted octanol–water partition coefficient (Wildman–Crippen LogP) is 2.80. The van der Waals surface area contributed by atoms with Crippen molar-refractivity contribution >= 4 is 23.3 Å². The highest BCUT2D eigenvalue weighted by molar-refractivity contribution is 5.92. The number of pyridine rings is 1. The number of aromatic nitrogens is 1. The van der Waals surface area contributed by atoms with Crippen LogP contribution in [-0.2, 0) is 9.59 Å².